The largest absolute Gasteiger partial charge is 0.395 e. The molecule has 2 aliphatic heterocycles. The molecular weight excluding hydrogens is 222 g/mol. The van der Waals surface area contributed by atoms with E-state index in [2.05, 4.69) is 12.2 Å². The Labute approximate surface area is 102 Å². The smallest absolute Gasteiger partial charge is 0.0795 e. The average molecular weight is 245 g/mol. The number of aliphatic hydroxyl groups excluding tert-OH is 1. The zero-order valence-corrected chi connectivity index (χ0v) is 10.9. The summed E-state index contributed by atoms with van der Waals surface area (Å²) in [5.41, 5.74) is 0.147. The van der Waals surface area contributed by atoms with E-state index in [4.69, 9.17) is 4.74 Å². The number of rotatable bonds is 4. The number of hydrogen-bond donors (Lipinski definition) is 2. The highest BCUT2D eigenvalue weighted by atomic mass is 32.2. The molecule has 2 aliphatic rings. The molecule has 2 fully saturated rings. The third-order valence-corrected chi connectivity index (χ3v) is 4.97. The van der Waals surface area contributed by atoms with Crippen LogP contribution in [0.15, 0.2) is 0 Å². The Balaban J connectivity index is 1.86. The lowest BCUT2D eigenvalue weighted by molar-refractivity contribution is -0.0720. The van der Waals surface area contributed by atoms with Gasteiger partial charge in [-0.3, -0.25) is 0 Å². The van der Waals surface area contributed by atoms with Crippen LogP contribution < -0.4 is 5.32 Å². The predicted molar refractivity (Wildman–Crippen MR) is 67.9 cm³/mol. The molecule has 3 nitrogen and oxygen atoms in total. The maximum Gasteiger partial charge on any atom is 0.0795 e. The van der Waals surface area contributed by atoms with Crippen molar-refractivity contribution in [2.75, 3.05) is 24.7 Å². The van der Waals surface area contributed by atoms with E-state index in [0.29, 0.717) is 6.04 Å². The molecule has 2 N–H and O–H groups in total. The maximum atomic E-state index is 9.22. The normalized spacial score (nSPS) is 36.8. The van der Waals surface area contributed by atoms with Gasteiger partial charge in [-0.05, 0) is 31.4 Å². The van der Waals surface area contributed by atoms with Crippen LogP contribution in [0.4, 0.5) is 0 Å². The summed E-state index contributed by atoms with van der Waals surface area (Å²) in [6.07, 6.45) is 4.40. The van der Waals surface area contributed by atoms with Gasteiger partial charge < -0.3 is 15.2 Å². The third kappa shape index (κ3) is 2.92. The lowest BCUT2D eigenvalue weighted by Crippen LogP contribution is -2.50. The van der Waals surface area contributed by atoms with E-state index >= 15 is 0 Å². The van der Waals surface area contributed by atoms with E-state index in [1.807, 2.05) is 11.8 Å². The molecule has 1 spiro atoms. The van der Waals surface area contributed by atoms with E-state index in [0.717, 1.165) is 31.6 Å². The van der Waals surface area contributed by atoms with Gasteiger partial charge in [0, 0.05) is 24.4 Å². The molecule has 0 aromatic rings. The van der Waals surface area contributed by atoms with Crippen molar-refractivity contribution >= 4 is 11.8 Å². The first-order valence-electron chi connectivity index (χ1n) is 6.36. The van der Waals surface area contributed by atoms with Crippen molar-refractivity contribution < 1.29 is 9.84 Å². The molecule has 2 rings (SSSR count). The number of hydrogen-bond acceptors (Lipinski definition) is 4. The summed E-state index contributed by atoms with van der Waals surface area (Å²) in [6, 6.07) is 0.791. The molecule has 2 heterocycles. The first-order chi connectivity index (χ1) is 7.78. The summed E-state index contributed by atoms with van der Waals surface area (Å²) in [4.78, 5) is 0. The van der Waals surface area contributed by atoms with Crippen molar-refractivity contribution in [2.24, 2.45) is 0 Å². The Bertz CT molecular complexity index is 215. The molecule has 3 unspecified atom stereocenters. The van der Waals surface area contributed by atoms with Crippen molar-refractivity contribution in [3.8, 4) is 0 Å². The molecule has 3 atom stereocenters. The highest BCUT2D eigenvalue weighted by Crippen LogP contribution is 2.38. The second-order valence-corrected chi connectivity index (χ2v) is 6.08. The molecule has 2 saturated heterocycles. The number of aliphatic hydroxyl groups is 1. The SMILES string of the molecule is CCC(CO)NC1CCOC2(CCSC2)C1. The van der Waals surface area contributed by atoms with Crippen LogP contribution in [-0.2, 0) is 4.74 Å². The van der Waals surface area contributed by atoms with Crippen LogP contribution in [-0.4, -0.2) is 47.5 Å². The fraction of sp³-hybridized carbons (Fsp3) is 1.00. The van der Waals surface area contributed by atoms with Crippen LogP contribution in [0.25, 0.3) is 0 Å². The van der Waals surface area contributed by atoms with Gasteiger partial charge in [0.1, 0.15) is 0 Å². The van der Waals surface area contributed by atoms with Gasteiger partial charge in [-0.15, -0.1) is 0 Å². The highest BCUT2D eigenvalue weighted by molar-refractivity contribution is 7.99. The number of thioether (sulfide) groups is 1. The maximum absolute atomic E-state index is 9.22. The first-order valence-corrected chi connectivity index (χ1v) is 7.52. The minimum atomic E-state index is 0.147. The van der Waals surface area contributed by atoms with E-state index in [-0.39, 0.29) is 18.2 Å². The van der Waals surface area contributed by atoms with Gasteiger partial charge in [-0.25, -0.2) is 0 Å². The van der Waals surface area contributed by atoms with Gasteiger partial charge in [0.15, 0.2) is 0 Å². The lowest BCUT2D eigenvalue weighted by Gasteiger charge is -2.39. The second-order valence-electron chi connectivity index (χ2n) is 4.98. The Morgan fingerprint density at radius 3 is 3.12 bits per heavy atom. The quantitative estimate of drug-likeness (QED) is 0.785. The lowest BCUT2D eigenvalue weighted by atomic mass is 9.89. The summed E-state index contributed by atoms with van der Waals surface area (Å²) in [5, 5.41) is 12.8. The van der Waals surface area contributed by atoms with E-state index in [9.17, 15) is 5.11 Å². The summed E-state index contributed by atoms with van der Waals surface area (Å²) in [6.45, 7) is 3.24. The molecular formula is C12H23NO2S. The number of nitrogens with one attached hydrogen (secondary N) is 1. The van der Waals surface area contributed by atoms with Gasteiger partial charge in [0.25, 0.3) is 0 Å². The summed E-state index contributed by atoms with van der Waals surface area (Å²) >= 11 is 2.01. The minimum absolute atomic E-state index is 0.147. The fourth-order valence-electron chi connectivity index (χ4n) is 2.67. The molecule has 0 aromatic carbocycles. The van der Waals surface area contributed by atoms with E-state index in [1.54, 1.807) is 0 Å². The molecule has 0 bridgehead atoms. The van der Waals surface area contributed by atoms with Gasteiger partial charge in [-0.1, -0.05) is 6.92 Å². The molecule has 0 radical (unpaired) electrons. The fourth-order valence-corrected chi connectivity index (χ4v) is 4.04. The summed E-state index contributed by atoms with van der Waals surface area (Å²) in [7, 11) is 0. The van der Waals surface area contributed by atoms with Crippen molar-refractivity contribution in [1.82, 2.24) is 5.32 Å². The van der Waals surface area contributed by atoms with Gasteiger partial charge >= 0.3 is 0 Å². The summed E-state index contributed by atoms with van der Waals surface area (Å²) in [5.74, 6) is 2.39. The van der Waals surface area contributed by atoms with Crippen LogP contribution in [0.1, 0.15) is 32.6 Å². The van der Waals surface area contributed by atoms with Crippen LogP contribution >= 0.6 is 11.8 Å². The monoisotopic (exact) mass is 245 g/mol. The van der Waals surface area contributed by atoms with Crippen molar-refractivity contribution in [2.45, 2.75) is 50.3 Å². The Morgan fingerprint density at radius 2 is 2.50 bits per heavy atom. The Morgan fingerprint density at radius 1 is 1.62 bits per heavy atom. The van der Waals surface area contributed by atoms with Gasteiger partial charge in [0.2, 0.25) is 0 Å². The van der Waals surface area contributed by atoms with Crippen LogP contribution in [0.3, 0.4) is 0 Å². The second kappa shape index (κ2) is 5.71. The molecule has 16 heavy (non-hydrogen) atoms. The number of ether oxygens (including phenoxy) is 1. The van der Waals surface area contributed by atoms with Crippen molar-refractivity contribution in [3.05, 3.63) is 0 Å². The van der Waals surface area contributed by atoms with Gasteiger partial charge in [0.05, 0.1) is 12.2 Å². The van der Waals surface area contributed by atoms with Crippen LogP contribution in [0.2, 0.25) is 0 Å². The van der Waals surface area contributed by atoms with E-state index < -0.39 is 0 Å². The molecule has 94 valence electrons. The molecule has 0 aromatic heterocycles. The average Bonchev–Trinajstić information content (AvgIpc) is 2.74. The van der Waals surface area contributed by atoms with E-state index in [1.165, 1.54) is 12.2 Å². The first kappa shape index (κ1) is 12.7. The molecule has 0 aliphatic carbocycles. The third-order valence-electron chi connectivity index (χ3n) is 3.74. The Hall–Kier alpha value is 0.230. The van der Waals surface area contributed by atoms with Crippen LogP contribution in [0.5, 0.6) is 0 Å². The zero-order valence-electron chi connectivity index (χ0n) is 10.1. The minimum Gasteiger partial charge on any atom is -0.395 e. The topological polar surface area (TPSA) is 41.5 Å². The van der Waals surface area contributed by atoms with Crippen LogP contribution in [0, 0.1) is 0 Å². The predicted octanol–water partition coefficient (Wildman–Crippen LogP) is 1.40. The summed E-state index contributed by atoms with van der Waals surface area (Å²) < 4.78 is 5.98. The van der Waals surface area contributed by atoms with Crippen molar-refractivity contribution in [1.29, 1.82) is 0 Å². The zero-order chi connectivity index (χ0) is 11.4. The molecule has 0 saturated carbocycles. The molecule has 0 amide bonds. The Kier molecular flexibility index (Phi) is 4.53. The highest BCUT2D eigenvalue weighted by Gasteiger charge is 2.40. The molecule has 4 heteroatoms. The standard InChI is InChI=1S/C12H23NO2S/c1-2-10(8-14)13-11-3-5-15-12(7-11)4-6-16-9-12/h10-11,13-14H,2-9H2,1H3. The van der Waals surface area contributed by atoms with Gasteiger partial charge in [-0.2, -0.15) is 11.8 Å². The van der Waals surface area contributed by atoms with Crippen molar-refractivity contribution in [3.63, 3.8) is 0 Å².